The molecule has 102 valence electrons. The topological polar surface area (TPSA) is 115 Å². The first-order chi connectivity index (χ1) is 7.89. The molecule has 0 amide bonds. The van der Waals surface area contributed by atoms with Crippen LogP contribution in [0.15, 0.2) is 4.90 Å². The van der Waals surface area contributed by atoms with Gasteiger partial charge in [0.05, 0.1) is 0 Å². The monoisotopic (exact) mass is 276 g/mol. The van der Waals surface area contributed by atoms with Crippen LogP contribution in [0.1, 0.15) is 31.9 Å². The highest BCUT2D eigenvalue weighted by molar-refractivity contribution is 7.86. The third-order valence-electron chi connectivity index (χ3n) is 2.62. The Kier molecular flexibility index (Phi) is 3.27. The lowest BCUT2D eigenvalue weighted by molar-refractivity contribution is 0.359. The zero-order valence-electron chi connectivity index (χ0n) is 10.5. The summed E-state index contributed by atoms with van der Waals surface area (Å²) in [5.41, 5.74) is -0.906. The van der Waals surface area contributed by atoms with Gasteiger partial charge in [-0.15, -0.1) is 0 Å². The highest BCUT2D eigenvalue weighted by Crippen LogP contribution is 2.48. The predicted molar refractivity (Wildman–Crippen MR) is 64.7 cm³/mol. The van der Waals surface area contributed by atoms with Gasteiger partial charge in [0.1, 0.15) is 10.6 Å². The molecule has 0 fully saturated rings. The molecular formula is C11H16O6S. The Labute approximate surface area is 105 Å². The first-order valence-corrected chi connectivity index (χ1v) is 6.58. The van der Waals surface area contributed by atoms with Crippen molar-refractivity contribution in [1.29, 1.82) is 0 Å². The number of hydrogen-bond acceptors (Lipinski definition) is 5. The number of phenolic OH excluding ortho intramolecular Hbond substituents is 3. The lowest BCUT2D eigenvalue weighted by Gasteiger charge is -2.24. The van der Waals surface area contributed by atoms with Crippen LogP contribution in [-0.4, -0.2) is 28.3 Å². The van der Waals surface area contributed by atoms with Crippen LogP contribution in [0.5, 0.6) is 17.2 Å². The van der Waals surface area contributed by atoms with Crippen molar-refractivity contribution in [3.8, 4) is 17.2 Å². The average Bonchev–Trinajstić information content (AvgIpc) is 2.10. The van der Waals surface area contributed by atoms with Gasteiger partial charge in [-0.3, -0.25) is 4.55 Å². The van der Waals surface area contributed by atoms with E-state index in [0.717, 1.165) is 0 Å². The Balaban J connectivity index is 3.90. The number of hydrogen-bond donors (Lipinski definition) is 4. The normalized spacial score (nSPS) is 12.7. The molecule has 0 saturated heterocycles. The third-order valence-corrected chi connectivity index (χ3v) is 3.63. The maximum absolute atomic E-state index is 11.1. The van der Waals surface area contributed by atoms with Gasteiger partial charge < -0.3 is 15.3 Å². The van der Waals surface area contributed by atoms with Crippen molar-refractivity contribution >= 4 is 10.1 Å². The Bertz CT molecular complexity index is 566. The van der Waals surface area contributed by atoms with Crippen LogP contribution in [0.2, 0.25) is 0 Å². The molecule has 0 aromatic heterocycles. The number of benzene rings is 1. The number of phenols is 3. The van der Waals surface area contributed by atoms with Crippen LogP contribution in [0.4, 0.5) is 0 Å². The van der Waals surface area contributed by atoms with Crippen molar-refractivity contribution in [2.75, 3.05) is 0 Å². The van der Waals surface area contributed by atoms with E-state index in [9.17, 15) is 23.7 Å². The fourth-order valence-corrected chi connectivity index (χ4v) is 2.66. The molecule has 0 aliphatic rings. The van der Waals surface area contributed by atoms with Crippen molar-refractivity contribution in [2.24, 2.45) is 0 Å². The second-order valence-corrected chi connectivity index (χ2v) is 6.46. The van der Waals surface area contributed by atoms with Gasteiger partial charge in [-0.25, -0.2) is 0 Å². The molecule has 7 heteroatoms. The molecule has 1 rings (SSSR count). The summed E-state index contributed by atoms with van der Waals surface area (Å²) >= 11 is 0. The smallest absolute Gasteiger partial charge is 0.298 e. The van der Waals surface area contributed by atoms with Gasteiger partial charge in [-0.1, -0.05) is 20.8 Å². The molecule has 4 N–H and O–H groups in total. The number of aromatic hydroxyl groups is 3. The molecule has 0 heterocycles. The van der Waals surface area contributed by atoms with E-state index in [0.29, 0.717) is 0 Å². The molecule has 0 radical (unpaired) electrons. The van der Waals surface area contributed by atoms with Gasteiger partial charge in [0.25, 0.3) is 10.1 Å². The van der Waals surface area contributed by atoms with Gasteiger partial charge >= 0.3 is 0 Å². The van der Waals surface area contributed by atoms with Crippen LogP contribution < -0.4 is 0 Å². The Morgan fingerprint density at radius 1 is 0.944 bits per heavy atom. The third kappa shape index (κ3) is 2.23. The van der Waals surface area contributed by atoms with Crippen LogP contribution in [0, 0.1) is 6.92 Å². The maximum atomic E-state index is 11.1. The fourth-order valence-electron chi connectivity index (χ4n) is 1.84. The van der Waals surface area contributed by atoms with Crippen LogP contribution in [0.3, 0.4) is 0 Å². The van der Waals surface area contributed by atoms with Crippen molar-refractivity contribution < 1.29 is 28.3 Å². The minimum absolute atomic E-state index is 0.0184. The summed E-state index contributed by atoms with van der Waals surface area (Å²) in [6.07, 6.45) is 0. The Morgan fingerprint density at radius 3 is 1.72 bits per heavy atom. The molecule has 18 heavy (non-hydrogen) atoms. The van der Waals surface area contributed by atoms with Crippen molar-refractivity contribution in [3.63, 3.8) is 0 Å². The minimum Gasteiger partial charge on any atom is -0.507 e. The lowest BCUT2D eigenvalue weighted by atomic mass is 9.84. The summed E-state index contributed by atoms with van der Waals surface area (Å²) in [6.45, 7) is 6.25. The van der Waals surface area contributed by atoms with Crippen LogP contribution in [-0.2, 0) is 15.5 Å². The Morgan fingerprint density at radius 2 is 1.39 bits per heavy atom. The minimum atomic E-state index is -4.74. The van der Waals surface area contributed by atoms with Crippen LogP contribution >= 0.6 is 0 Å². The predicted octanol–water partition coefficient (Wildman–Crippen LogP) is 1.66. The summed E-state index contributed by atoms with van der Waals surface area (Å²) in [5.74, 6) is -2.18. The van der Waals surface area contributed by atoms with E-state index < -0.39 is 37.7 Å². The van der Waals surface area contributed by atoms with Gasteiger partial charge in [-0.05, 0) is 12.3 Å². The van der Waals surface area contributed by atoms with E-state index in [4.69, 9.17) is 4.55 Å². The molecule has 0 bridgehead atoms. The van der Waals surface area contributed by atoms with E-state index in [-0.39, 0.29) is 11.1 Å². The molecule has 0 atom stereocenters. The first-order valence-electron chi connectivity index (χ1n) is 5.14. The van der Waals surface area contributed by atoms with Crippen molar-refractivity contribution in [2.45, 2.75) is 38.0 Å². The molecular weight excluding hydrogens is 260 g/mol. The van der Waals surface area contributed by atoms with Crippen molar-refractivity contribution in [3.05, 3.63) is 11.1 Å². The first kappa shape index (κ1) is 14.6. The molecule has 1 aromatic carbocycles. The summed E-state index contributed by atoms with van der Waals surface area (Å²) in [7, 11) is -4.74. The SMILES string of the molecule is Cc1c(O)c(C(C)(C)C)c(O)c(O)c1S(=O)(=O)O. The average molecular weight is 276 g/mol. The van der Waals surface area contributed by atoms with E-state index in [1.807, 2.05) is 0 Å². The molecule has 6 nitrogen and oxygen atoms in total. The van der Waals surface area contributed by atoms with Gasteiger partial charge in [0.15, 0.2) is 11.5 Å². The lowest BCUT2D eigenvalue weighted by Crippen LogP contribution is -2.14. The summed E-state index contributed by atoms with van der Waals surface area (Å²) in [5, 5.41) is 29.4. The second kappa shape index (κ2) is 4.03. The van der Waals surface area contributed by atoms with Gasteiger partial charge in [0.2, 0.25) is 0 Å². The molecule has 0 unspecified atom stereocenters. The largest absolute Gasteiger partial charge is 0.507 e. The fraction of sp³-hybridized carbons (Fsp3) is 0.455. The zero-order chi connectivity index (χ0) is 14.5. The van der Waals surface area contributed by atoms with Gasteiger partial charge in [-0.2, -0.15) is 8.42 Å². The standard InChI is InChI=1S/C11H16O6S/c1-5-7(12)6(11(2,3)4)8(13)9(14)10(5)18(15,16)17/h12-14H,1-4H3,(H,15,16,17). The van der Waals surface area contributed by atoms with E-state index in [1.165, 1.54) is 6.92 Å². The quantitative estimate of drug-likeness (QED) is 0.352. The molecule has 0 spiro atoms. The molecule has 0 saturated carbocycles. The van der Waals surface area contributed by atoms with E-state index in [1.54, 1.807) is 20.8 Å². The molecule has 0 aliphatic carbocycles. The molecule has 1 aromatic rings. The van der Waals surface area contributed by atoms with Gasteiger partial charge in [0, 0.05) is 11.1 Å². The zero-order valence-corrected chi connectivity index (χ0v) is 11.3. The van der Waals surface area contributed by atoms with Crippen molar-refractivity contribution in [1.82, 2.24) is 0 Å². The summed E-state index contributed by atoms with van der Waals surface area (Å²) in [6, 6.07) is 0. The maximum Gasteiger partial charge on any atom is 0.298 e. The van der Waals surface area contributed by atoms with E-state index >= 15 is 0 Å². The summed E-state index contributed by atoms with van der Waals surface area (Å²) < 4.78 is 31.2. The number of rotatable bonds is 1. The van der Waals surface area contributed by atoms with E-state index in [2.05, 4.69) is 0 Å². The second-order valence-electron chi connectivity index (χ2n) is 5.10. The molecule has 0 aliphatic heterocycles. The summed E-state index contributed by atoms with van der Waals surface area (Å²) in [4.78, 5) is -0.884. The van der Waals surface area contributed by atoms with Crippen LogP contribution in [0.25, 0.3) is 0 Å². The highest BCUT2D eigenvalue weighted by Gasteiger charge is 2.32. The highest BCUT2D eigenvalue weighted by atomic mass is 32.2. The Hall–Kier alpha value is -1.47.